The number of nitrogens with zero attached hydrogens (tertiary/aromatic N) is 1. The molecule has 1 aliphatic carbocycles. The van der Waals surface area contributed by atoms with Crippen molar-refractivity contribution in [3.8, 4) is 0 Å². The molecule has 0 aromatic heterocycles. The lowest BCUT2D eigenvalue weighted by Gasteiger charge is -2.26. The second kappa shape index (κ2) is 3.59. The number of halogens is 2. The molecular formula is C11H17BrFNO2. The molecule has 1 aliphatic heterocycles. The molecule has 0 N–H and O–H groups in total. The van der Waals surface area contributed by atoms with Crippen LogP contribution in [-0.2, 0) is 4.74 Å². The van der Waals surface area contributed by atoms with E-state index < -0.39 is 11.3 Å². The number of alkyl halides is 2. The van der Waals surface area contributed by atoms with Crippen LogP contribution in [0.1, 0.15) is 20.8 Å². The number of rotatable bonds is 1. The van der Waals surface area contributed by atoms with Crippen molar-refractivity contribution in [1.29, 1.82) is 0 Å². The van der Waals surface area contributed by atoms with Gasteiger partial charge in [0, 0.05) is 30.3 Å². The van der Waals surface area contributed by atoms with Gasteiger partial charge in [-0.2, -0.15) is 0 Å². The first-order valence-electron chi connectivity index (χ1n) is 5.51. The van der Waals surface area contributed by atoms with Gasteiger partial charge in [0.05, 0.1) is 0 Å². The van der Waals surface area contributed by atoms with E-state index in [0.29, 0.717) is 18.4 Å². The molecule has 0 radical (unpaired) electrons. The van der Waals surface area contributed by atoms with Crippen molar-refractivity contribution in [1.82, 2.24) is 4.90 Å². The summed E-state index contributed by atoms with van der Waals surface area (Å²) in [6.07, 6.45) is -0.323. The Morgan fingerprint density at radius 2 is 2.00 bits per heavy atom. The monoisotopic (exact) mass is 293 g/mol. The minimum Gasteiger partial charge on any atom is -0.444 e. The molecule has 0 aromatic rings. The summed E-state index contributed by atoms with van der Waals surface area (Å²) in [4.78, 5) is 13.3. The highest BCUT2D eigenvalue weighted by Gasteiger charge is 2.69. The quantitative estimate of drug-likeness (QED) is 0.696. The van der Waals surface area contributed by atoms with Crippen molar-refractivity contribution in [3.63, 3.8) is 0 Å². The van der Waals surface area contributed by atoms with Gasteiger partial charge in [0.25, 0.3) is 0 Å². The van der Waals surface area contributed by atoms with Crippen molar-refractivity contribution < 1.29 is 13.9 Å². The third-order valence-electron chi connectivity index (χ3n) is 3.30. The van der Waals surface area contributed by atoms with Crippen molar-refractivity contribution in [2.75, 3.05) is 18.4 Å². The Bertz CT molecular complexity index is 304. The molecule has 5 heteroatoms. The number of hydrogen-bond acceptors (Lipinski definition) is 2. The van der Waals surface area contributed by atoms with E-state index in [4.69, 9.17) is 4.74 Å². The Hall–Kier alpha value is -0.320. The van der Waals surface area contributed by atoms with E-state index >= 15 is 0 Å². The molecule has 16 heavy (non-hydrogen) atoms. The zero-order valence-electron chi connectivity index (χ0n) is 9.80. The summed E-state index contributed by atoms with van der Waals surface area (Å²) in [6.45, 7) is 6.47. The van der Waals surface area contributed by atoms with E-state index in [1.165, 1.54) is 0 Å². The van der Waals surface area contributed by atoms with E-state index in [0.717, 1.165) is 0 Å². The molecule has 1 amide bonds. The van der Waals surface area contributed by atoms with Gasteiger partial charge in [0.2, 0.25) is 0 Å². The second-order valence-corrected chi connectivity index (χ2v) is 6.22. The van der Waals surface area contributed by atoms with Gasteiger partial charge in [-0.05, 0) is 20.8 Å². The number of carbonyl (C=O) groups excluding carboxylic acids is 1. The van der Waals surface area contributed by atoms with Gasteiger partial charge in [-0.15, -0.1) is 0 Å². The first kappa shape index (κ1) is 12.1. The first-order valence-corrected chi connectivity index (χ1v) is 6.63. The molecule has 0 spiro atoms. The van der Waals surface area contributed by atoms with Gasteiger partial charge in [0.1, 0.15) is 11.3 Å². The van der Waals surface area contributed by atoms with Crippen LogP contribution in [0.15, 0.2) is 0 Å². The summed E-state index contributed by atoms with van der Waals surface area (Å²) >= 11 is 3.18. The maximum atomic E-state index is 13.9. The number of fused-ring (bicyclic) bond motifs is 1. The average Bonchev–Trinajstić information content (AvgIpc) is 2.59. The van der Waals surface area contributed by atoms with Gasteiger partial charge in [-0.3, -0.25) is 0 Å². The third kappa shape index (κ3) is 1.94. The molecule has 0 bridgehead atoms. The fourth-order valence-corrected chi connectivity index (χ4v) is 3.18. The highest BCUT2D eigenvalue weighted by atomic mass is 79.9. The van der Waals surface area contributed by atoms with E-state index in [9.17, 15) is 9.18 Å². The predicted molar refractivity (Wildman–Crippen MR) is 62.4 cm³/mol. The average molecular weight is 294 g/mol. The SMILES string of the molecule is CC(C)(C)OC(=O)N1C[C@@H]2[C@H](C1)C2(F)CBr. The number of piperidine rings is 1. The number of carbonyl (C=O) groups is 1. The molecule has 1 heterocycles. The van der Waals surface area contributed by atoms with Gasteiger partial charge in [-0.25, -0.2) is 9.18 Å². The van der Waals surface area contributed by atoms with Crippen LogP contribution in [0.5, 0.6) is 0 Å². The van der Waals surface area contributed by atoms with Crippen LogP contribution in [0.3, 0.4) is 0 Å². The molecule has 2 aliphatic rings. The molecule has 1 saturated heterocycles. The normalized spacial score (nSPS) is 37.2. The molecule has 3 nitrogen and oxygen atoms in total. The fourth-order valence-electron chi connectivity index (χ4n) is 2.35. The molecule has 1 saturated carbocycles. The summed E-state index contributed by atoms with van der Waals surface area (Å²) in [6, 6.07) is 0. The predicted octanol–water partition coefficient (Wildman–Crippen LogP) is 2.59. The highest BCUT2D eigenvalue weighted by Crippen LogP contribution is 2.59. The van der Waals surface area contributed by atoms with Crippen LogP contribution in [-0.4, -0.2) is 40.7 Å². The third-order valence-corrected chi connectivity index (χ3v) is 4.16. The molecule has 2 rings (SSSR count). The van der Waals surface area contributed by atoms with Gasteiger partial charge >= 0.3 is 6.09 Å². The van der Waals surface area contributed by atoms with Gasteiger partial charge in [0.15, 0.2) is 0 Å². The Morgan fingerprint density at radius 1 is 1.50 bits per heavy atom. The van der Waals surface area contributed by atoms with Crippen molar-refractivity contribution in [2.24, 2.45) is 11.8 Å². The summed E-state index contributed by atoms with van der Waals surface area (Å²) in [5, 5.41) is 0.373. The lowest BCUT2D eigenvalue weighted by Crippen LogP contribution is -2.39. The van der Waals surface area contributed by atoms with Crippen molar-refractivity contribution >= 4 is 22.0 Å². The van der Waals surface area contributed by atoms with E-state index in [1.807, 2.05) is 20.8 Å². The van der Waals surface area contributed by atoms with Crippen LogP contribution in [0.4, 0.5) is 9.18 Å². The minimum absolute atomic E-state index is 0.000562. The summed E-state index contributed by atoms with van der Waals surface area (Å²) in [7, 11) is 0. The minimum atomic E-state index is -1.08. The fraction of sp³-hybridized carbons (Fsp3) is 0.909. The second-order valence-electron chi connectivity index (χ2n) is 5.66. The topological polar surface area (TPSA) is 29.5 Å². The highest BCUT2D eigenvalue weighted by molar-refractivity contribution is 9.09. The molecule has 92 valence electrons. The van der Waals surface area contributed by atoms with Crippen LogP contribution in [0, 0.1) is 11.8 Å². The summed E-state index contributed by atoms with van der Waals surface area (Å²) in [5.74, 6) is -0.00112. The zero-order chi connectivity index (χ0) is 12.1. The van der Waals surface area contributed by atoms with E-state index in [2.05, 4.69) is 15.9 Å². The maximum Gasteiger partial charge on any atom is 0.410 e. The lowest BCUT2D eigenvalue weighted by molar-refractivity contribution is 0.0245. The number of ether oxygens (including phenoxy) is 1. The molecule has 1 unspecified atom stereocenters. The van der Waals surface area contributed by atoms with Crippen LogP contribution in [0.25, 0.3) is 0 Å². The van der Waals surface area contributed by atoms with Crippen LogP contribution in [0.2, 0.25) is 0 Å². The number of hydrogen-bond donors (Lipinski definition) is 0. The first-order chi connectivity index (χ1) is 7.28. The van der Waals surface area contributed by atoms with Gasteiger partial charge in [-0.1, -0.05) is 15.9 Å². The Morgan fingerprint density at radius 3 is 2.38 bits per heavy atom. The summed E-state index contributed by atoms with van der Waals surface area (Å²) < 4.78 is 19.1. The van der Waals surface area contributed by atoms with Crippen LogP contribution >= 0.6 is 15.9 Å². The van der Waals surface area contributed by atoms with Crippen molar-refractivity contribution in [2.45, 2.75) is 32.0 Å². The van der Waals surface area contributed by atoms with Crippen LogP contribution < -0.4 is 0 Å². The summed E-state index contributed by atoms with van der Waals surface area (Å²) in [5.41, 5.74) is -1.56. The van der Waals surface area contributed by atoms with Crippen molar-refractivity contribution in [3.05, 3.63) is 0 Å². The molecule has 2 fully saturated rings. The largest absolute Gasteiger partial charge is 0.444 e. The number of likely N-dealkylation sites (tertiary alicyclic amines) is 1. The maximum absolute atomic E-state index is 13.9. The van der Waals surface area contributed by atoms with Gasteiger partial charge < -0.3 is 9.64 Å². The Kier molecular flexibility index (Phi) is 2.72. The standard InChI is InChI=1S/C11H17BrFNO2/c1-10(2,3)16-9(15)14-4-7-8(5-14)11(7,13)6-12/h7-8H,4-6H2,1-3H3/t7-,8+,11?. The van der Waals surface area contributed by atoms with E-state index in [1.54, 1.807) is 4.90 Å². The Balaban J connectivity index is 1.87. The Labute approximate surface area is 103 Å². The molecule has 0 aromatic carbocycles. The lowest BCUT2D eigenvalue weighted by atomic mass is 10.2. The molecule has 3 atom stereocenters. The zero-order valence-corrected chi connectivity index (χ0v) is 11.4. The smallest absolute Gasteiger partial charge is 0.410 e. The van der Waals surface area contributed by atoms with E-state index in [-0.39, 0.29) is 17.9 Å². The number of amides is 1. The molecular weight excluding hydrogens is 277 g/mol.